The number of nitrogens with one attached hydrogen (secondary N) is 1. The first-order chi connectivity index (χ1) is 19.8. The van der Waals surface area contributed by atoms with Gasteiger partial charge in [0, 0.05) is 38.0 Å². The van der Waals surface area contributed by atoms with E-state index in [1.165, 1.54) is 30.5 Å². The van der Waals surface area contributed by atoms with Crippen molar-refractivity contribution >= 4 is 34.9 Å². The lowest BCUT2D eigenvalue weighted by Crippen LogP contribution is -2.39. The van der Waals surface area contributed by atoms with Gasteiger partial charge in [-0.2, -0.15) is 0 Å². The van der Waals surface area contributed by atoms with Crippen LogP contribution in [0.5, 0.6) is 23.0 Å². The minimum Gasteiger partial charge on any atom is -0.493 e. The number of nitrogens with zero attached hydrogens (tertiary/aromatic N) is 4. The number of carbonyl (C=O) groups is 1. The molecule has 4 aromatic rings. The fourth-order valence-corrected chi connectivity index (χ4v) is 4.44. The number of rotatable bonds is 11. The molecular weight excluding hydrogens is 530 g/mol. The molecule has 0 radical (unpaired) electrons. The van der Waals surface area contributed by atoms with Gasteiger partial charge in [-0.3, -0.25) is 18.7 Å². The summed E-state index contributed by atoms with van der Waals surface area (Å²) in [4.78, 5) is 42.6. The number of aryl methyl sites for hydroxylation is 2. The maximum Gasteiger partial charge on any atom is 0.332 e. The van der Waals surface area contributed by atoms with Gasteiger partial charge in [-0.25, -0.2) is 9.78 Å². The van der Waals surface area contributed by atoms with Crippen molar-refractivity contribution in [3.63, 3.8) is 0 Å². The van der Waals surface area contributed by atoms with Gasteiger partial charge >= 0.3 is 5.69 Å². The van der Waals surface area contributed by atoms with E-state index in [0.717, 1.165) is 5.56 Å². The van der Waals surface area contributed by atoms with Crippen LogP contribution in [-0.2, 0) is 24.9 Å². The van der Waals surface area contributed by atoms with Crippen LogP contribution in [0.15, 0.2) is 46.0 Å². The Kier molecular flexibility index (Phi) is 8.81. The normalized spacial score (nSPS) is 11.2. The van der Waals surface area contributed by atoms with Crippen molar-refractivity contribution in [1.82, 2.24) is 18.7 Å². The van der Waals surface area contributed by atoms with Gasteiger partial charge < -0.3 is 28.8 Å². The van der Waals surface area contributed by atoms with E-state index in [1.54, 1.807) is 48.9 Å². The molecule has 4 rings (SSSR count). The van der Waals surface area contributed by atoms with E-state index in [9.17, 15) is 14.4 Å². The molecule has 216 valence electrons. The SMILES string of the molecule is CCn1c(=O)c2c(nc(C=Cc3ccc(OCC(=O)Nc4cc(OC)c(OC)c(OC)c4)cc3)n2C)n(CC)c1=O. The summed E-state index contributed by atoms with van der Waals surface area (Å²) in [6, 6.07) is 10.4. The molecular formula is C29H33N5O7. The Morgan fingerprint density at radius 3 is 2.12 bits per heavy atom. The molecule has 0 spiro atoms. The van der Waals surface area contributed by atoms with E-state index in [1.807, 2.05) is 25.1 Å². The van der Waals surface area contributed by atoms with Crippen LogP contribution >= 0.6 is 0 Å². The lowest BCUT2D eigenvalue weighted by molar-refractivity contribution is -0.118. The number of ether oxygens (including phenoxy) is 4. The first kappa shape index (κ1) is 29.0. The fourth-order valence-electron chi connectivity index (χ4n) is 4.44. The Hall–Kier alpha value is -5.00. The highest BCUT2D eigenvalue weighted by Crippen LogP contribution is 2.39. The molecule has 2 aromatic heterocycles. The molecule has 12 heteroatoms. The summed E-state index contributed by atoms with van der Waals surface area (Å²) in [5.41, 5.74) is 1.34. The highest BCUT2D eigenvalue weighted by atomic mass is 16.5. The number of amides is 1. The lowest BCUT2D eigenvalue weighted by atomic mass is 10.2. The smallest absolute Gasteiger partial charge is 0.332 e. The van der Waals surface area contributed by atoms with E-state index >= 15 is 0 Å². The summed E-state index contributed by atoms with van der Waals surface area (Å²) >= 11 is 0. The number of methoxy groups -OCH3 is 3. The van der Waals surface area contributed by atoms with Gasteiger partial charge in [-0.15, -0.1) is 0 Å². The second-order valence-electron chi connectivity index (χ2n) is 8.93. The van der Waals surface area contributed by atoms with Crippen molar-refractivity contribution < 1.29 is 23.7 Å². The Morgan fingerprint density at radius 2 is 1.56 bits per heavy atom. The molecule has 0 atom stereocenters. The van der Waals surface area contributed by atoms with Gasteiger partial charge in [0.15, 0.2) is 29.3 Å². The molecule has 1 N–H and O–H groups in total. The van der Waals surface area contributed by atoms with Crippen molar-refractivity contribution in [1.29, 1.82) is 0 Å². The minimum absolute atomic E-state index is 0.208. The van der Waals surface area contributed by atoms with Crippen LogP contribution in [0.3, 0.4) is 0 Å². The van der Waals surface area contributed by atoms with Crippen LogP contribution in [0.2, 0.25) is 0 Å². The third-order valence-corrected chi connectivity index (χ3v) is 6.53. The predicted octanol–water partition coefficient (Wildman–Crippen LogP) is 3.15. The Labute approximate surface area is 236 Å². The van der Waals surface area contributed by atoms with Gasteiger partial charge in [-0.1, -0.05) is 18.2 Å². The number of imidazole rings is 1. The van der Waals surface area contributed by atoms with Crippen molar-refractivity contribution in [2.75, 3.05) is 33.3 Å². The molecule has 0 fully saturated rings. The molecule has 0 aliphatic carbocycles. The summed E-state index contributed by atoms with van der Waals surface area (Å²) < 4.78 is 26.0. The van der Waals surface area contributed by atoms with Crippen molar-refractivity contribution in [3.05, 3.63) is 68.6 Å². The Bertz CT molecular complexity index is 1690. The van der Waals surface area contributed by atoms with Crippen LogP contribution in [0.4, 0.5) is 5.69 Å². The zero-order chi connectivity index (χ0) is 29.7. The van der Waals surface area contributed by atoms with Gasteiger partial charge in [0.1, 0.15) is 11.6 Å². The molecule has 1 amide bonds. The molecule has 2 heterocycles. The second kappa shape index (κ2) is 12.5. The maximum atomic E-state index is 12.9. The van der Waals surface area contributed by atoms with Crippen molar-refractivity contribution in [2.24, 2.45) is 7.05 Å². The minimum atomic E-state index is -0.367. The number of hydrogen-bond acceptors (Lipinski definition) is 8. The summed E-state index contributed by atoms with van der Waals surface area (Å²) in [7, 11) is 6.25. The van der Waals surface area contributed by atoms with Crippen LogP contribution in [-0.4, -0.2) is 52.5 Å². The average molecular weight is 564 g/mol. The number of carbonyl (C=O) groups excluding carboxylic acids is 1. The van der Waals surface area contributed by atoms with Crippen molar-refractivity contribution in [3.8, 4) is 23.0 Å². The molecule has 0 aliphatic rings. The third kappa shape index (κ3) is 5.81. The first-order valence-corrected chi connectivity index (χ1v) is 13.0. The topological polar surface area (TPSA) is 128 Å². The summed E-state index contributed by atoms with van der Waals surface area (Å²) in [5, 5.41) is 2.76. The third-order valence-electron chi connectivity index (χ3n) is 6.53. The number of benzene rings is 2. The van der Waals surface area contributed by atoms with E-state index in [0.29, 0.717) is 52.2 Å². The predicted molar refractivity (Wildman–Crippen MR) is 156 cm³/mol. The Balaban J connectivity index is 1.44. The molecule has 41 heavy (non-hydrogen) atoms. The standard InChI is InChI=1S/C29H33N5O7/c1-7-33-27-25(28(36)34(8-2)29(33)37)32(3)23(31-27)14-11-18-9-12-20(13-10-18)41-17-24(35)30-19-15-21(38-4)26(40-6)22(16-19)39-5/h9-16H,7-8,17H2,1-6H3,(H,30,35). The average Bonchev–Trinajstić information content (AvgIpc) is 3.31. The number of aromatic nitrogens is 4. The van der Waals surface area contributed by atoms with Gasteiger partial charge in [0.25, 0.3) is 11.5 Å². The van der Waals surface area contributed by atoms with Crippen LogP contribution in [0.25, 0.3) is 23.3 Å². The number of hydrogen-bond donors (Lipinski definition) is 1. The molecule has 2 aromatic carbocycles. The molecule has 12 nitrogen and oxygen atoms in total. The summed E-state index contributed by atoms with van der Waals surface area (Å²) in [6.45, 7) is 4.08. The monoisotopic (exact) mass is 563 g/mol. The lowest BCUT2D eigenvalue weighted by Gasteiger charge is -2.14. The summed E-state index contributed by atoms with van der Waals surface area (Å²) in [5.74, 6) is 1.95. The maximum absolute atomic E-state index is 12.9. The van der Waals surface area contributed by atoms with E-state index in [2.05, 4.69) is 10.3 Å². The highest BCUT2D eigenvalue weighted by molar-refractivity contribution is 5.92. The van der Waals surface area contributed by atoms with Crippen molar-refractivity contribution in [2.45, 2.75) is 26.9 Å². The van der Waals surface area contributed by atoms with Gasteiger partial charge in [0.05, 0.1) is 21.3 Å². The van der Waals surface area contributed by atoms with Crippen LogP contribution < -0.4 is 35.5 Å². The molecule has 0 saturated carbocycles. The Morgan fingerprint density at radius 1 is 0.927 bits per heavy atom. The zero-order valence-electron chi connectivity index (χ0n) is 23.9. The van der Waals surface area contributed by atoms with Crippen LogP contribution in [0.1, 0.15) is 25.2 Å². The van der Waals surface area contributed by atoms with E-state index < -0.39 is 0 Å². The second-order valence-corrected chi connectivity index (χ2v) is 8.93. The largest absolute Gasteiger partial charge is 0.493 e. The number of fused-ring (bicyclic) bond motifs is 1. The molecule has 0 unspecified atom stereocenters. The van der Waals surface area contributed by atoms with Crippen LogP contribution in [0, 0.1) is 0 Å². The number of anilines is 1. The fraction of sp³-hybridized carbons (Fsp3) is 0.310. The first-order valence-electron chi connectivity index (χ1n) is 13.0. The quantitative estimate of drug-likeness (QED) is 0.295. The summed E-state index contributed by atoms with van der Waals surface area (Å²) in [6.07, 6.45) is 3.62. The van der Waals surface area contributed by atoms with Gasteiger partial charge in [-0.05, 0) is 37.6 Å². The van der Waals surface area contributed by atoms with E-state index in [-0.39, 0.29) is 30.3 Å². The zero-order valence-corrected chi connectivity index (χ0v) is 23.9. The molecule has 0 bridgehead atoms. The molecule has 0 saturated heterocycles. The van der Waals surface area contributed by atoms with Gasteiger partial charge in [0.2, 0.25) is 5.75 Å². The van der Waals surface area contributed by atoms with E-state index in [4.69, 9.17) is 18.9 Å². The molecule has 0 aliphatic heterocycles. The highest BCUT2D eigenvalue weighted by Gasteiger charge is 2.18.